The maximum atomic E-state index is 13.0. The summed E-state index contributed by atoms with van der Waals surface area (Å²) in [6.07, 6.45) is -1.63. The van der Waals surface area contributed by atoms with Crippen LogP contribution in [0.5, 0.6) is 0 Å². The molecular formula is C15H16ClF2N3O. The molecule has 2 rings (SSSR count). The van der Waals surface area contributed by atoms with Crippen molar-refractivity contribution in [3.8, 4) is 0 Å². The SMILES string of the molecule is Cn1ncc(C(=O)NC(C)(C)c2cccc(Cl)c2)c1C(F)F. The lowest BCUT2D eigenvalue weighted by Crippen LogP contribution is -2.41. The molecule has 0 saturated heterocycles. The highest BCUT2D eigenvalue weighted by atomic mass is 35.5. The number of benzene rings is 1. The topological polar surface area (TPSA) is 46.9 Å². The molecule has 0 saturated carbocycles. The largest absolute Gasteiger partial charge is 0.343 e. The average molecular weight is 328 g/mol. The van der Waals surface area contributed by atoms with E-state index in [0.717, 1.165) is 16.4 Å². The van der Waals surface area contributed by atoms with Crippen molar-refractivity contribution < 1.29 is 13.6 Å². The highest BCUT2D eigenvalue weighted by Gasteiger charge is 2.28. The van der Waals surface area contributed by atoms with E-state index in [9.17, 15) is 13.6 Å². The predicted molar refractivity (Wildman–Crippen MR) is 80.1 cm³/mol. The van der Waals surface area contributed by atoms with Crippen molar-refractivity contribution in [2.75, 3.05) is 0 Å². The first-order chi connectivity index (χ1) is 10.2. The predicted octanol–water partition coefficient (Wildman–Crippen LogP) is 3.68. The maximum Gasteiger partial charge on any atom is 0.280 e. The van der Waals surface area contributed by atoms with Crippen LogP contribution in [0.3, 0.4) is 0 Å². The van der Waals surface area contributed by atoms with E-state index in [2.05, 4.69) is 10.4 Å². The summed E-state index contributed by atoms with van der Waals surface area (Å²) >= 11 is 5.95. The Hall–Kier alpha value is -1.95. The summed E-state index contributed by atoms with van der Waals surface area (Å²) in [7, 11) is 1.38. The van der Waals surface area contributed by atoms with Crippen LogP contribution in [0.1, 0.15) is 41.9 Å². The highest BCUT2D eigenvalue weighted by molar-refractivity contribution is 6.30. The first-order valence-electron chi connectivity index (χ1n) is 6.61. The van der Waals surface area contributed by atoms with Gasteiger partial charge < -0.3 is 5.32 Å². The third kappa shape index (κ3) is 3.27. The lowest BCUT2D eigenvalue weighted by Gasteiger charge is -2.27. The van der Waals surface area contributed by atoms with Crippen molar-refractivity contribution in [2.45, 2.75) is 25.8 Å². The number of rotatable bonds is 4. The molecule has 2 aromatic rings. The van der Waals surface area contributed by atoms with Gasteiger partial charge >= 0.3 is 0 Å². The lowest BCUT2D eigenvalue weighted by molar-refractivity contribution is 0.0895. The molecule has 22 heavy (non-hydrogen) atoms. The summed E-state index contributed by atoms with van der Waals surface area (Å²) in [4.78, 5) is 12.3. The van der Waals surface area contributed by atoms with Crippen LogP contribution in [0.25, 0.3) is 0 Å². The fraction of sp³-hybridized carbons (Fsp3) is 0.333. The van der Waals surface area contributed by atoms with Gasteiger partial charge in [0, 0.05) is 12.1 Å². The second-order valence-electron chi connectivity index (χ2n) is 5.46. The second-order valence-corrected chi connectivity index (χ2v) is 5.89. The van der Waals surface area contributed by atoms with Gasteiger partial charge in [-0.25, -0.2) is 8.78 Å². The Kier molecular flexibility index (Phi) is 4.51. The van der Waals surface area contributed by atoms with Crippen molar-refractivity contribution >= 4 is 17.5 Å². The van der Waals surface area contributed by atoms with E-state index in [4.69, 9.17) is 11.6 Å². The van der Waals surface area contributed by atoms with Crippen LogP contribution in [0.2, 0.25) is 5.02 Å². The molecule has 0 atom stereocenters. The molecule has 1 amide bonds. The molecule has 0 aliphatic rings. The van der Waals surface area contributed by atoms with Crippen molar-refractivity contribution in [3.63, 3.8) is 0 Å². The summed E-state index contributed by atoms with van der Waals surface area (Å²) in [6, 6.07) is 7.02. The van der Waals surface area contributed by atoms with Crippen molar-refractivity contribution in [3.05, 3.63) is 52.3 Å². The minimum Gasteiger partial charge on any atom is -0.343 e. The van der Waals surface area contributed by atoms with E-state index < -0.39 is 23.6 Å². The molecular weight excluding hydrogens is 312 g/mol. The van der Waals surface area contributed by atoms with Gasteiger partial charge in [-0.2, -0.15) is 5.10 Å². The Bertz CT molecular complexity index is 698. The number of halogens is 3. The number of aromatic nitrogens is 2. The molecule has 0 aliphatic carbocycles. The van der Waals surface area contributed by atoms with Gasteiger partial charge in [0.2, 0.25) is 0 Å². The number of nitrogens with zero attached hydrogens (tertiary/aromatic N) is 2. The van der Waals surface area contributed by atoms with E-state index in [1.165, 1.54) is 7.05 Å². The number of aryl methyl sites for hydroxylation is 1. The van der Waals surface area contributed by atoms with E-state index in [0.29, 0.717) is 5.02 Å². The molecule has 1 aromatic heterocycles. The van der Waals surface area contributed by atoms with Gasteiger partial charge in [-0.3, -0.25) is 9.48 Å². The van der Waals surface area contributed by atoms with Crippen molar-refractivity contribution in [2.24, 2.45) is 7.05 Å². The molecule has 0 spiro atoms. The Labute approximate surface area is 132 Å². The monoisotopic (exact) mass is 327 g/mol. The van der Waals surface area contributed by atoms with Gasteiger partial charge in [-0.1, -0.05) is 23.7 Å². The van der Waals surface area contributed by atoms with Crippen LogP contribution in [0, 0.1) is 0 Å². The minimum absolute atomic E-state index is 0.132. The normalized spacial score (nSPS) is 11.8. The van der Waals surface area contributed by atoms with Crippen molar-refractivity contribution in [1.29, 1.82) is 0 Å². The zero-order valence-electron chi connectivity index (χ0n) is 12.4. The molecule has 1 N–H and O–H groups in total. The molecule has 4 nitrogen and oxygen atoms in total. The van der Waals surface area contributed by atoms with Gasteiger partial charge in [0.25, 0.3) is 12.3 Å². The first-order valence-corrected chi connectivity index (χ1v) is 6.99. The Morgan fingerprint density at radius 2 is 2.09 bits per heavy atom. The third-order valence-corrected chi connectivity index (χ3v) is 3.64. The highest BCUT2D eigenvalue weighted by Crippen LogP contribution is 2.26. The fourth-order valence-corrected chi connectivity index (χ4v) is 2.37. The van der Waals surface area contributed by atoms with Crippen LogP contribution in [-0.2, 0) is 12.6 Å². The van der Waals surface area contributed by atoms with Crippen LogP contribution in [0.4, 0.5) is 8.78 Å². The van der Waals surface area contributed by atoms with Crippen LogP contribution in [0.15, 0.2) is 30.5 Å². The lowest BCUT2D eigenvalue weighted by atomic mass is 9.94. The summed E-state index contributed by atoms with van der Waals surface area (Å²) in [5.74, 6) is -0.603. The van der Waals surface area contributed by atoms with Crippen LogP contribution >= 0.6 is 11.6 Å². The van der Waals surface area contributed by atoms with E-state index in [1.807, 2.05) is 6.07 Å². The zero-order valence-corrected chi connectivity index (χ0v) is 13.2. The summed E-state index contributed by atoms with van der Waals surface area (Å²) in [6.45, 7) is 3.55. The molecule has 118 valence electrons. The number of hydrogen-bond acceptors (Lipinski definition) is 2. The molecule has 1 heterocycles. The van der Waals surface area contributed by atoms with Gasteiger partial charge in [0.15, 0.2) is 0 Å². The minimum atomic E-state index is -2.78. The van der Waals surface area contributed by atoms with Crippen LogP contribution < -0.4 is 5.32 Å². The summed E-state index contributed by atoms with van der Waals surface area (Å²) < 4.78 is 27.1. The smallest absolute Gasteiger partial charge is 0.280 e. The number of nitrogens with one attached hydrogen (secondary N) is 1. The maximum absolute atomic E-state index is 13.0. The molecule has 0 bridgehead atoms. The molecule has 0 radical (unpaired) electrons. The average Bonchev–Trinajstić information content (AvgIpc) is 2.80. The second kappa shape index (κ2) is 6.04. The molecule has 0 unspecified atom stereocenters. The van der Waals surface area contributed by atoms with Gasteiger partial charge in [-0.05, 0) is 31.5 Å². The van der Waals surface area contributed by atoms with E-state index in [-0.39, 0.29) is 5.56 Å². The van der Waals surface area contributed by atoms with E-state index in [1.54, 1.807) is 32.0 Å². The summed E-state index contributed by atoms with van der Waals surface area (Å²) in [5, 5.41) is 7.01. The quantitative estimate of drug-likeness (QED) is 0.931. The number of carbonyl (C=O) groups is 1. The van der Waals surface area contributed by atoms with Gasteiger partial charge in [0.05, 0.1) is 17.3 Å². The Morgan fingerprint density at radius 1 is 1.41 bits per heavy atom. The standard InChI is InChI=1S/C15H16ClF2N3O/c1-15(2,9-5-4-6-10(16)7-9)20-14(22)11-8-19-21(3)12(11)13(17)18/h4-8,13H,1-3H3,(H,20,22). The third-order valence-electron chi connectivity index (χ3n) is 3.41. The molecule has 0 aliphatic heterocycles. The molecule has 7 heteroatoms. The number of carbonyl (C=O) groups excluding carboxylic acids is 1. The van der Waals surface area contributed by atoms with E-state index >= 15 is 0 Å². The zero-order chi connectivity index (χ0) is 16.5. The number of alkyl halides is 2. The molecule has 0 fully saturated rings. The van der Waals surface area contributed by atoms with Crippen molar-refractivity contribution in [1.82, 2.24) is 15.1 Å². The first kappa shape index (κ1) is 16.4. The Morgan fingerprint density at radius 3 is 2.68 bits per heavy atom. The number of amides is 1. The van der Waals surface area contributed by atoms with Gasteiger partial charge in [0.1, 0.15) is 5.69 Å². The molecule has 1 aromatic carbocycles. The summed E-state index contributed by atoms with van der Waals surface area (Å²) in [5.41, 5.74) is -0.528. The van der Waals surface area contributed by atoms with Crippen LogP contribution in [-0.4, -0.2) is 15.7 Å². The fourth-order valence-electron chi connectivity index (χ4n) is 2.18. The Balaban J connectivity index is 2.28. The number of hydrogen-bond donors (Lipinski definition) is 1. The van der Waals surface area contributed by atoms with Gasteiger partial charge in [-0.15, -0.1) is 0 Å².